The van der Waals surface area contributed by atoms with Crippen LogP contribution in [-0.2, 0) is 16.4 Å². The van der Waals surface area contributed by atoms with Gasteiger partial charge in [0.05, 0.1) is 11.5 Å². The van der Waals surface area contributed by atoms with Crippen LogP contribution in [0.2, 0.25) is 0 Å². The summed E-state index contributed by atoms with van der Waals surface area (Å²) in [5, 5.41) is 0. The lowest BCUT2D eigenvalue weighted by Gasteiger charge is -2.27. The summed E-state index contributed by atoms with van der Waals surface area (Å²) in [6.07, 6.45) is 1.73. The summed E-state index contributed by atoms with van der Waals surface area (Å²) in [7, 11) is -2.83. The molecule has 1 aliphatic rings. The first-order chi connectivity index (χ1) is 7.61. The third-order valence-electron chi connectivity index (χ3n) is 2.71. The number of hydrogen-bond acceptors (Lipinski definition) is 5. The van der Waals surface area contributed by atoms with Crippen LogP contribution in [0.25, 0.3) is 0 Å². The van der Waals surface area contributed by atoms with Gasteiger partial charge in [0, 0.05) is 25.8 Å². The lowest BCUT2D eigenvalue weighted by Crippen LogP contribution is -2.40. The van der Waals surface area contributed by atoms with Crippen LogP contribution in [-0.4, -0.2) is 38.0 Å². The molecule has 1 aromatic rings. The minimum atomic E-state index is -2.83. The molecule has 6 heteroatoms. The second-order valence-corrected chi connectivity index (χ2v) is 6.17. The lowest BCUT2D eigenvalue weighted by molar-refractivity contribution is 0.586. The zero-order chi connectivity index (χ0) is 11.6. The molecule has 2 rings (SSSR count). The third-order valence-corrected chi connectivity index (χ3v) is 4.32. The molecule has 0 spiro atoms. The van der Waals surface area contributed by atoms with Crippen LogP contribution in [0, 0.1) is 0 Å². The van der Waals surface area contributed by atoms with Crippen LogP contribution in [0.3, 0.4) is 0 Å². The van der Waals surface area contributed by atoms with Gasteiger partial charge in [0.2, 0.25) is 0 Å². The SMILES string of the molecule is NCc1ccc(N2CCS(=O)(=O)CC2)nc1. The molecular formula is C10H15N3O2S. The second kappa shape index (κ2) is 4.39. The number of hydrogen-bond donors (Lipinski definition) is 1. The molecule has 1 aliphatic heterocycles. The van der Waals surface area contributed by atoms with E-state index in [0.717, 1.165) is 11.4 Å². The number of sulfone groups is 1. The molecule has 16 heavy (non-hydrogen) atoms. The lowest BCUT2D eigenvalue weighted by atomic mass is 10.3. The van der Waals surface area contributed by atoms with E-state index in [2.05, 4.69) is 4.98 Å². The van der Waals surface area contributed by atoms with Crippen LogP contribution >= 0.6 is 0 Å². The van der Waals surface area contributed by atoms with E-state index in [-0.39, 0.29) is 11.5 Å². The quantitative estimate of drug-likeness (QED) is 0.774. The molecule has 88 valence electrons. The number of rotatable bonds is 2. The average molecular weight is 241 g/mol. The van der Waals surface area contributed by atoms with Crippen LogP contribution in [0.15, 0.2) is 18.3 Å². The van der Waals surface area contributed by atoms with Crippen LogP contribution in [0.1, 0.15) is 5.56 Å². The van der Waals surface area contributed by atoms with E-state index < -0.39 is 9.84 Å². The highest BCUT2D eigenvalue weighted by Gasteiger charge is 2.22. The van der Waals surface area contributed by atoms with Gasteiger partial charge < -0.3 is 10.6 Å². The Labute approximate surface area is 95.2 Å². The Balaban J connectivity index is 2.08. The maximum absolute atomic E-state index is 11.3. The molecule has 2 N–H and O–H groups in total. The first-order valence-electron chi connectivity index (χ1n) is 5.21. The largest absolute Gasteiger partial charge is 0.355 e. The zero-order valence-electron chi connectivity index (χ0n) is 8.96. The summed E-state index contributed by atoms with van der Waals surface area (Å²) < 4.78 is 22.5. The Morgan fingerprint density at radius 3 is 2.50 bits per heavy atom. The van der Waals surface area contributed by atoms with Crippen molar-refractivity contribution in [3.05, 3.63) is 23.9 Å². The fourth-order valence-electron chi connectivity index (χ4n) is 1.67. The van der Waals surface area contributed by atoms with Crippen molar-refractivity contribution >= 4 is 15.7 Å². The van der Waals surface area contributed by atoms with E-state index in [9.17, 15) is 8.42 Å². The van der Waals surface area contributed by atoms with Crippen molar-refractivity contribution < 1.29 is 8.42 Å². The molecule has 0 aliphatic carbocycles. The van der Waals surface area contributed by atoms with Gasteiger partial charge >= 0.3 is 0 Å². The van der Waals surface area contributed by atoms with Gasteiger partial charge in [-0.2, -0.15) is 0 Å². The molecule has 1 fully saturated rings. The zero-order valence-corrected chi connectivity index (χ0v) is 9.78. The van der Waals surface area contributed by atoms with E-state index in [1.165, 1.54) is 0 Å². The highest BCUT2D eigenvalue weighted by Crippen LogP contribution is 2.14. The monoisotopic (exact) mass is 241 g/mol. The maximum Gasteiger partial charge on any atom is 0.153 e. The normalized spacial score (nSPS) is 19.7. The Hall–Kier alpha value is -1.14. The van der Waals surface area contributed by atoms with E-state index in [0.29, 0.717) is 19.6 Å². The fourth-order valence-corrected chi connectivity index (χ4v) is 2.87. The molecule has 5 nitrogen and oxygen atoms in total. The average Bonchev–Trinajstić information content (AvgIpc) is 2.29. The number of anilines is 1. The Morgan fingerprint density at radius 1 is 1.31 bits per heavy atom. The molecule has 0 atom stereocenters. The first kappa shape index (κ1) is 11.3. The number of nitrogens with zero attached hydrogens (tertiary/aromatic N) is 2. The number of nitrogens with two attached hydrogens (primary N) is 1. The molecule has 2 heterocycles. The first-order valence-corrected chi connectivity index (χ1v) is 7.03. The van der Waals surface area contributed by atoms with Gasteiger partial charge in [-0.3, -0.25) is 0 Å². The van der Waals surface area contributed by atoms with E-state index in [1.807, 2.05) is 17.0 Å². The van der Waals surface area contributed by atoms with Crippen LogP contribution in [0.5, 0.6) is 0 Å². The van der Waals surface area contributed by atoms with Crippen molar-refractivity contribution in [2.75, 3.05) is 29.5 Å². The molecule has 1 saturated heterocycles. The highest BCUT2D eigenvalue weighted by atomic mass is 32.2. The van der Waals surface area contributed by atoms with E-state index >= 15 is 0 Å². The minimum absolute atomic E-state index is 0.216. The van der Waals surface area contributed by atoms with Crippen molar-refractivity contribution in [2.45, 2.75) is 6.54 Å². The maximum atomic E-state index is 11.3. The molecule has 0 saturated carbocycles. The van der Waals surface area contributed by atoms with Gasteiger partial charge in [-0.15, -0.1) is 0 Å². The smallest absolute Gasteiger partial charge is 0.153 e. The van der Waals surface area contributed by atoms with Crippen molar-refractivity contribution in [3.8, 4) is 0 Å². The van der Waals surface area contributed by atoms with Gasteiger partial charge in [0.1, 0.15) is 5.82 Å². The summed E-state index contributed by atoms with van der Waals surface area (Å²) in [4.78, 5) is 6.26. The highest BCUT2D eigenvalue weighted by molar-refractivity contribution is 7.91. The summed E-state index contributed by atoms with van der Waals surface area (Å²) in [5.41, 5.74) is 6.46. The third kappa shape index (κ3) is 2.51. The van der Waals surface area contributed by atoms with Crippen molar-refractivity contribution in [1.29, 1.82) is 0 Å². The molecular weight excluding hydrogens is 226 g/mol. The summed E-state index contributed by atoms with van der Waals surface area (Å²) in [6.45, 7) is 1.52. The van der Waals surface area contributed by atoms with E-state index in [4.69, 9.17) is 5.73 Å². The molecule has 0 radical (unpaired) electrons. The summed E-state index contributed by atoms with van der Waals surface area (Å²) in [5.74, 6) is 1.26. The van der Waals surface area contributed by atoms with Gasteiger partial charge in [0.15, 0.2) is 9.84 Å². The Kier molecular flexibility index (Phi) is 3.11. The Morgan fingerprint density at radius 2 is 2.00 bits per heavy atom. The van der Waals surface area contributed by atoms with Crippen molar-refractivity contribution in [1.82, 2.24) is 4.98 Å². The predicted molar refractivity (Wildman–Crippen MR) is 63.0 cm³/mol. The predicted octanol–water partition coefficient (Wildman–Crippen LogP) is -0.225. The van der Waals surface area contributed by atoms with Gasteiger partial charge in [-0.1, -0.05) is 6.07 Å². The summed E-state index contributed by atoms with van der Waals surface area (Å²) >= 11 is 0. The standard InChI is InChI=1S/C10H15N3O2S/c11-7-9-1-2-10(12-8-9)13-3-5-16(14,15)6-4-13/h1-2,8H,3-7,11H2. The number of pyridine rings is 1. The molecule has 0 bridgehead atoms. The van der Waals surface area contributed by atoms with Crippen LogP contribution in [0.4, 0.5) is 5.82 Å². The minimum Gasteiger partial charge on any atom is -0.355 e. The number of aromatic nitrogens is 1. The Bertz CT molecular complexity index is 441. The van der Waals surface area contributed by atoms with Crippen molar-refractivity contribution in [3.63, 3.8) is 0 Å². The van der Waals surface area contributed by atoms with Crippen molar-refractivity contribution in [2.24, 2.45) is 5.73 Å². The fraction of sp³-hybridized carbons (Fsp3) is 0.500. The topological polar surface area (TPSA) is 76.3 Å². The molecule has 0 unspecified atom stereocenters. The molecule has 0 amide bonds. The van der Waals surface area contributed by atoms with Gasteiger partial charge in [0.25, 0.3) is 0 Å². The second-order valence-electron chi connectivity index (χ2n) is 3.87. The molecule has 1 aromatic heterocycles. The van der Waals surface area contributed by atoms with E-state index in [1.54, 1.807) is 6.20 Å². The van der Waals surface area contributed by atoms with Gasteiger partial charge in [-0.05, 0) is 11.6 Å². The van der Waals surface area contributed by atoms with Crippen LogP contribution < -0.4 is 10.6 Å². The van der Waals surface area contributed by atoms with Gasteiger partial charge in [-0.25, -0.2) is 13.4 Å². The molecule has 0 aromatic carbocycles. The summed E-state index contributed by atoms with van der Waals surface area (Å²) in [6, 6.07) is 3.81.